The van der Waals surface area contributed by atoms with E-state index in [2.05, 4.69) is 26.1 Å². The third-order valence-corrected chi connectivity index (χ3v) is 4.56. The van der Waals surface area contributed by atoms with Gasteiger partial charge in [-0.25, -0.2) is 4.39 Å². The molecule has 0 spiro atoms. The molecule has 1 aromatic carbocycles. The molecule has 0 aromatic heterocycles. The zero-order chi connectivity index (χ0) is 13.1. The highest BCUT2D eigenvalue weighted by atomic mass is 19.1. The van der Waals surface area contributed by atoms with Crippen LogP contribution in [0.4, 0.5) is 4.39 Å². The van der Waals surface area contributed by atoms with Gasteiger partial charge in [-0.05, 0) is 49.3 Å². The highest BCUT2D eigenvalue weighted by Gasteiger charge is 2.32. The second kappa shape index (κ2) is 5.83. The molecule has 0 heterocycles. The molecule has 1 saturated carbocycles. The molecule has 4 unspecified atom stereocenters. The minimum atomic E-state index is -0.146. The lowest BCUT2D eigenvalue weighted by Crippen LogP contribution is -2.34. The summed E-state index contributed by atoms with van der Waals surface area (Å²) < 4.78 is 13.2. The first-order chi connectivity index (χ1) is 8.61. The van der Waals surface area contributed by atoms with Crippen LogP contribution in [0.1, 0.15) is 51.6 Å². The largest absolute Gasteiger partial charge is 0.307 e. The zero-order valence-corrected chi connectivity index (χ0v) is 11.6. The molecular weight excluding hydrogens is 225 g/mol. The van der Waals surface area contributed by atoms with Crippen molar-refractivity contribution in [3.8, 4) is 0 Å². The van der Waals surface area contributed by atoms with Gasteiger partial charge in [0, 0.05) is 12.1 Å². The molecule has 100 valence electrons. The average molecular weight is 249 g/mol. The Morgan fingerprint density at radius 2 is 2.17 bits per heavy atom. The van der Waals surface area contributed by atoms with E-state index in [4.69, 9.17) is 0 Å². The molecule has 0 bridgehead atoms. The molecule has 1 N–H and O–H groups in total. The van der Waals surface area contributed by atoms with E-state index in [-0.39, 0.29) is 11.9 Å². The van der Waals surface area contributed by atoms with Gasteiger partial charge in [0.1, 0.15) is 5.82 Å². The molecule has 1 aromatic rings. The molecule has 0 radical (unpaired) electrons. The molecule has 2 heteroatoms. The average Bonchev–Trinajstić information content (AvgIpc) is 2.70. The maximum absolute atomic E-state index is 13.2. The first-order valence-electron chi connectivity index (χ1n) is 7.13. The summed E-state index contributed by atoms with van der Waals surface area (Å²) in [5.41, 5.74) is 1.04. The summed E-state index contributed by atoms with van der Waals surface area (Å²) in [6.07, 6.45) is 3.85. The predicted octanol–water partition coefficient (Wildman–Crippen LogP) is 4.30. The lowest BCUT2D eigenvalue weighted by molar-refractivity contribution is 0.327. The first kappa shape index (κ1) is 13.5. The van der Waals surface area contributed by atoms with Gasteiger partial charge in [-0.2, -0.15) is 0 Å². The van der Waals surface area contributed by atoms with Gasteiger partial charge in [0.05, 0.1) is 0 Å². The maximum Gasteiger partial charge on any atom is 0.123 e. The van der Waals surface area contributed by atoms with Crippen molar-refractivity contribution in [2.45, 2.75) is 52.1 Å². The molecule has 1 aliphatic carbocycles. The van der Waals surface area contributed by atoms with Gasteiger partial charge in [0.2, 0.25) is 0 Å². The van der Waals surface area contributed by atoms with Crippen LogP contribution in [0, 0.1) is 17.7 Å². The topological polar surface area (TPSA) is 12.0 Å². The molecule has 1 fully saturated rings. The molecule has 0 aliphatic heterocycles. The van der Waals surface area contributed by atoms with E-state index >= 15 is 0 Å². The van der Waals surface area contributed by atoms with Crippen molar-refractivity contribution in [2.75, 3.05) is 0 Å². The van der Waals surface area contributed by atoms with Crippen LogP contribution in [-0.4, -0.2) is 6.04 Å². The minimum absolute atomic E-state index is 0.146. The van der Waals surface area contributed by atoms with Crippen LogP contribution in [0.3, 0.4) is 0 Å². The Hall–Kier alpha value is -0.890. The van der Waals surface area contributed by atoms with Gasteiger partial charge in [-0.3, -0.25) is 0 Å². The van der Waals surface area contributed by atoms with Crippen molar-refractivity contribution < 1.29 is 4.39 Å². The Labute approximate surface area is 110 Å². The predicted molar refractivity (Wildman–Crippen MR) is 73.9 cm³/mol. The summed E-state index contributed by atoms with van der Waals surface area (Å²) in [6, 6.07) is 7.72. The number of nitrogens with one attached hydrogen (secondary N) is 1. The number of hydrogen-bond donors (Lipinski definition) is 1. The van der Waals surface area contributed by atoms with Crippen molar-refractivity contribution in [3.63, 3.8) is 0 Å². The van der Waals surface area contributed by atoms with Gasteiger partial charge in [-0.1, -0.05) is 32.4 Å². The fourth-order valence-corrected chi connectivity index (χ4v) is 3.25. The van der Waals surface area contributed by atoms with Gasteiger partial charge >= 0.3 is 0 Å². The molecular formula is C16H24FN. The van der Waals surface area contributed by atoms with Crippen LogP contribution in [0.25, 0.3) is 0 Å². The lowest BCUT2D eigenvalue weighted by Gasteiger charge is -2.25. The standard InChI is InChI=1S/C16H24FN/c1-4-13-8-9-16(11(13)2)18-12(3)14-6-5-7-15(17)10-14/h5-7,10-13,16,18H,4,8-9H2,1-3H3. The smallest absolute Gasteiger partial charge is 0.123 e. The SMILES string of the molecule is CCC1CCC(NC(C)c2cccc(F)c2)C1C. The first-order valence-corrected chi connectivity index (χ1v) is 7.13. The zero-order valence-electron chi connectivity index (χ0n) is 11.6. The number of rotatable bonds is 4. The molecule has 1 aliphatic rings. The number of benzene rings is 1. The highest BCUT2D eigenvalue weighted by Crippen LogP contribution is 2.35. The van der Waals surface area contributed by atoms with E-state index in [1.54, 1.807) is 12.1 Å². The third kappa shape index (κ3) is 2.92. The van der Waals surface area contributed by atoms with E-state index in [1.807, 2.05) is 6.07 Å². The minimum Gasteiger partial charge on any atom is -0.307 e. The van der Waals surface area contributed by atoms with Gasteiger partial charge in [-0.15, -0.1) is 0 Å². The van der Waals surface area contributed by atoms with Gasteiger partial charge in [0.15, 0.2) is 0 Å². The summed E-state index contributed by atoms with van der Waals surface area (Å²) in [5.74, 6) is 1.43. The Kier molecular flexibility index (Phi) is 4.39. The van der Waals surface area contributed by atoms with Crippen molar-refractivity contribution >= 4 is 0 Å². The molecule has 0 saturated heterocycles. The second-order valence-electron chi connectivity index (χ2n) is 5.65. The molecule has 1 nitrogen and oxygen atoms in total. The fourth-order valence-electron chi connectivity index (χ4n) is 3.25. The van der Waals surface area contributed by atoms with Crippen LogP contribution in [0.5, 0.6) is 0 Å². The summed E-state index contributed by atoms with van der Waals surface area (Å²) in [4.78, 5) is 0. The van der Waals surface area contributed by atoms with Crippen molar-refractivity contribution in [1.29, 1.82) is 0 Å². The Morgan fingerprint density at radius 1 is 1.39 bits per heavy atom. The summed E-state index contributed by atoms with van der Waals surface area (Å²) in [5, 5.41) is 3.67. The Morgan fingerprint density at radius 3 is 2.78 bits per heavy atom. The molecule has 4 atom stereocenters. The van der Waals surface area contributed by atoms with Crippen molar-refractivity contribution in [2.24, 2.45) is 11.8 Å². The summed E-state index contributed by atoms with van der Waals surface area (Å²) in [7, 11) is 0. The van der Waals surface area contributed by atoms with E-state index in [0.717, 1.165) is 17.4 Å². The maximum atomic E-state index is 13.2. The van der Waals surface area contributed by atoms with E-state index in [9.17, 15) is 4.39 Å². The van der Waals surface area contributed by atoms with Gasteiger partial charge < -0.3 is 5.32 Å². The van der Waals surface area contributed by atoms with Crippen LogP contribution in [0.15, 0.2) is 24.3 Å². The quantitative estimate of drug-likeness (QED) is 0.839. The molecule has 0 amide bonds. The number of hydrogen-bond acceptors (Lipinski definition) is 1. The fraction of sp³-hybridized carbons (Fsp3) is 0.625. The van der Waals surface area contributed by atoms with Crippen LogP contribution < -0.4 is 5.32 Å². The van der Waals surface area contributed by atoms with Crippen LogP contribution >= 0.6 is 0 Å². The van der Waals surface area contributed by atoms with Crippen molar-refractivity contribution in [1.82, 2.24) is 5.32 Å². The number of halogens is 1. The Balaban J connectivity index is 1.98. The summed E-state index contributed by atoms with van der Waals surface area (Å²) >= 11 is 0. The lowest BCUT2D eigenvalue weighted by atomic mass is 9.93. The second-order valence-corrected chi connectivity index (χ2v) is 5.65. The van der Waals surface area contributed by atoms with Gasteiger partial charge in [0.25, 0.3) is 0 Å². The molecule has 18 heavy (non-hydrogen) atoms. The normalized spacial score (nSPS) is 29.4. The third-order valence-electron chi connectivity index (χ3n) is 4.56. The summed E-state index contributed by atoms with van der Waals surface area (Å²) in [6.45, 7) is 6.75. The van der Waals surface area contributed by atoms with E-state index in [1.165, 1.54) is 25.3 Å². The monoisotopic (exact) mass is 249 g/mol. The van der Waals surface area contributed by atoms with E-state index in [0.29, 0.717) is 6.04 Å². The highest BCUT2D eigenvalue weighted by molar-refractivity contribution is 5.19. The van der Waals surface area contributed by atoms with Crippen LogP contribution in [-0.2, 0) is 0 Å². The molecule has 2 rings (SSSR count). The van der Waals surface area contributed by atoms with Crippen molar-refractivity contribution in [3.05, 3.63) is 35.6 Å². The van der Waals surface area contributed by atoms with Crippen LogP contribution in [0.2, 0.25) is 0 Å². The Bertz CT molecular complexity index is 390. The van der Waals surface area contributed by atoms with E-state index < -0.39 is 0 Å².